The number of nitrogens with one attached hydrogen (secondary N) is 1. The Labute approximate surface area is 228 Å². The molecule has 8 heteroatoms. The molecule has 4 aromatic rings. The fraction of sp³-hybridized carbons (Fsp3) is 0.333. The van der Waals surface area contributed by atoms with Crippen molar-refractivity contribution < 1.29 is 4.79 Å². The summed E-state index contributed by atoms with van der Waals surface area (Å²) in [5, 5.41) is 14.5. The number of anilines is 1. The number of para-hydroxylation sites is 1. The largest absolute Gasteiger partial charge is 0.326 e. The Morgan fingerprint density at radius 1 is 1.03 bits per heavy atom. The van der Waals surface area contributed by atoms with Gasteiger partial charge < -0.3 is 10.6 Å². The van der Waals surface area contributed by atoms with Crippen LogP contribution >= 0.6 is 11.8 Å². The average molecular weight is 527 g/mol. The molecule has 1 aromatic heterocycles. The molecule has 1 aliphatic heterocycles. The van der Waals surface area contributed by atoms with Crippen LogP contribution in [0.25, 0.3) is 22.5 Å². The lowest BCUT2D eigenvalue weighted by Crippen LogP contribution is -2.36. The number of benzene rings is 3. The molecule has 5 rings (SSSR count). The second-order valence-corrected chi connectivity index (χ2v) is 11.8. The Morgan fingerprint density at radius 3 is 2.50 bits per heavy atom. The molecular weight excluding hydrogens is 492 g/mol. The third kappa shape index (κ3) is 6.14. The molecular formula is C30H34N6OS. The van der Waals surface area contributed by atoms with Crippen LogP contribution in [0.1, 0.15) is 44.2 Å². The number of H-pyrrole nitrogens is 1. The van der Waals surface area contributed by atoms with Crippen molar-refractivity contribution in [1.82, 2.24) is 20.6 Å². The number of carbonyl (C=O) groups excluding carboxylic acids is 1. The highest BCUT2D eigenvalue weighted by atomic mass is 32.2. The topological polar surface area (TPSA) is 101 Å². The minimum atomic E-state index is -0.172. The zero-order valence-electron chi connectivity index (χ0n) is 21.9. The highest BCUT2D eigenvalue weighted by Crippen LogP contribution is 2.34. The summed E-state index contributed by atoms with van der Waals surface area (Å²) in [6, 6.07) is 24.8. The Kier molecular flexibility index (Phi) is 7.90. The fourth-order valence-corrected chi connectivity index (χ4v) is 6.09. The lowest BCUT2D eigenvalue weighted by molar-refractivity contribution is -0.118. The predicted octanol–water partition coefficient (Wildman–Crippen LogP) is 5.63. The molecule has 0 saturated carbocycles. The standard InChI is InChI=1S/C30H34N6OS/c1-30(2,31)18-7-19-38-27-17-16-23-8-3-6-11-26(23)36(29(27)37)20-21-12-14-22(15-13-21)24-9-4-5-10-25(24)28-32-34-35-33-28/h3-6,8-15,27H,7,16-20,31H2,1-2H3,(H,32,33,34,35). The van der Waals surface area contributed by atoms with Crippen LogP contribution in [0.3, 0.4) is 0 Å². The van der Waals surface area contributed by atoms with Crippen LogP contribution in [0.2, 0.25) is 0 Å². The van der Waals surface area contributed by atoms with Gasteiger partial charge in [-0.3, -0.25) is 4.79 Å². The zero-order chi connectivity index (χ0) is 26.5. The van der Waals surface area contributed by atoms with Crippen molar-refractivity contribution in [2.24, 2.45) is 5.73 Å². The summed E-state index contributed by atoms with van der Waals surface area (Å²) in [4.78, 5) is 15.8. The third-order valence-electron chi connectivity index (χ3n) is 6.90. The van der Waals surface area contributed by atoms with Crippen molar-refractivity contribution in [3.05, 3.63) is 83.9 Å². The van der Waals surface area contributed by atoms with Gasteiger partial charge in [0.2, 0.25) is 11.7 Å². The number of rotatable bonds is 9. The Hall–Kier alpha value is -3.49. The van der Waals surface area contributed by atoms with E-state index in [4.69, 9.17) is 5.73 Å². The van der Waals surface area contributed by atoms with Crippen LogP contribution in [-0.2, 0) is 17.8 Å². The number of nitrogens with two attached hydrogens (primary N) is 1. The van der Waals surface area contributed by atoms with E-state index in [2.05, 4.69) is 83.0 Å². The molecule has 0 fully saturated rings. The predicted molar refractivity (Wildman–Crippen MR) is 155 cm³/mol. The highest BCUT2D eigenvalue weighted by molar-refractivity contribution is 8.00. The first-order chi connectivity index (χ1) is 18.4. The van der Waals surface area contributed by atoms with Crippen molar-refractivity contribution in [1.29, 1.82) is 0 Å². The molecule has 0 radical (unpaired) electrons. The Bertz CT molecular complexity index is 1360. The van der Waals surface area contributed by atoms with Crippen LogP contribution in [0, 0.1) is 0 Å². The number of carbonyl (C=O) groups is 1. The van der Waals surface area contributed by atoms with Crippen molar-refractivity contribution in [3.63, 3.8) is 0 Å². The first-order valence-electron chi connectivity index (χ1n) is 13.1. The summed E-state index contributed by atoms with van der Waals surface area (Å²) in [5.74, 6) is 1.70. The molecule has 0 bridgehead atoms. The molecule has 1 atom stereocenters. The van der Waals surface area contributed by atoms with E-state index >= 15 is 0 Å². The van der Waals surface area contributed by atoms with Gasteiger partial charge in [-0.15, -0.1) is 22.0 Å². The molecule has 3 N–H and O–H groups in total. The molecule has 1 amide bonds. The lowest BCUT2D eigenvalue weighted by atomic mass is 9.98. The minimum Gasteiger partial charge on any atom is -0.326 e. The van der Waals surface area contributed by atoms with Crippen molar-refractivity contribution in [3.8, 4) is 22.5 Å². The maximum Gasteiger partial charge on any atom is 0.240 e. The van der Waals surface area contributed by atoms with Gasteiger partial charge in [-0.25, -0.2) is 0 Å². The van der Waals surface area contributed by atoms with E-state index in [1.807, 2.05) is 29.2 Å². The van der Waals surface area contributed by atoms with Gasteiger partial charge in [0.1, 0.15) is 0 Å². The molecule has 1 aliphatic rings. The normalized spacial score (nSPS) is 15.8. The lowest BCUT2D eigenvalue weighted by Gasteiger charge is -2.26. The van der Waals surface area contributed by atoms with E-state index in [0.29, 0.717) is 12.4 Å². The molecule has 1 unspecified atom stereocenters. The van der Waals surface area contributed by atoms with E-state index in [9.17, 15) is 4.79 Å². The number of aryl methyl sites for hydroxylation is 1. The molecule has 196 valence electrons. The summed E-state index contributed by atoms with van der Waals surface area (Å²) >= 11 is 1.78. The summed E-state index contributed by atoms with van der Waals surface area (Å²) < 4.78 is 0. The van der Waals surface area contributed by atoms with E-state index in [1.165, 1.54) is 5.56 Å². The van der Waals surface area contributed by atoms with Crippen molar-refractivity contribution >= 4 is 23.4 Å². The monoisotopic (exact) mass is 526 g/mol. The third-order valence-corrected chi connectivity index (χ3v) is 8.27. The number of tetrazole rings is 1. The van der Waals surface area contributed by atoms with Crippen LogP contribution in [0.5, 0.6) is 0 Å². The van der Waals surface area contributed by atoms with Crippen molar-refractivity contribution in [2.45, 2.75) is 56.9 Å². The number of amides is 1. The number of aromatic amines is 1. The molecule has 0 saturated heterocycles. The number of hydrogen-bond donors (Lipinski definition) is 2. The number of nitrogens with zero attached hydrogens (tertiary/aromatic N) is 4. The summed E-state index contributed by atoms with van der Waals surface area (Å²) in [6.07, 6.45) is 3.73. The van der Waals surface area contributed by atoms with Gasteiger partial charge in [0, 0.05) is 16.8 Å². The number of fused-ring (bicyclic) bond motifs is 1. The van der Waals surface area contributed by atoms with Crippen LogP contribution in [0.15, 0.2) is 72.8 Å². The summed E-state index contributed by atoms with van der Waals surface area (Å²) in [7, 11) is 0. The number of thioether (sulfide) groups is 1. The molecule has 0 aliphatic carbocycles. The molecule has 0 spiro atoms. The number of aromatic nitrogens is 4. The number of hydrogen-bond acceptors (Lipinski definition) is 6. The molecule has 3 aromatic carbocycles. The molecule has 2 heterocycles. The average Bonchev–Trinajstić information content (AvgIpc) is 3.42. The van der Waals surface area contributed by atoms with Gasteiger partial charge in [-0.2, -0.15) is 5.21 Å². The first kappa shape index (κ1) is 26.1. The Balaban J connectivity index is 1.35. The quantitative estimate of drug-likeness (QED) is 0.274. The second-order valence-electron chi connectivity index (χ2n) is 10.5. The Morgan fingerprint density at radius 2 is 1.76 bits per heavy atom. The fourth-order valence-electron chi connectivity index (χ4n) is 4.94. The smallest absolute Gasteiger partial charge is 0.240 e. The van der Waals surface area contributed by atoms with Gasteiger partial charge in [-0.1, -0.05) is 66.7 Å². The SMILES string of the molecule is CC(C)(N)CCCSC1CCc2ccccc2N(Cc2ccc(-c3ccccc3-c3nn[nH]n3)cc2)C1=O. The van der Waals surface area contributed by atoms with Crippen LogP contribution < -0.4 is 10.6 Å². The maximum absolute atomic E-state index is 13.8. The van der Waals surface area contributed by atoms with Gasteiger partial charge in [0.05, 0.1) is 11.8 Å². The van der Waals surface area contributed by atoms with Crippen LogP contribution in [0.4, 0.5) is 5.69 Å². The first-order valence-corrected chi connectivity index (χ1v) is 14.2. The maximum atomic E-state index is 13.8. The van der Waals surface area contributed by atoms with E-state index in [-0.39, 0.29) is 16.7 Å². The van der Waals surface area contributed by atoms with Gasteiger partial charge in [0.15, 0.2) is 0 Å². The molecule has 7 nitrogen and oxygen atoms in total. The van der Waals surface area contributed by atoms with Gasteiger partial charge >= 0.3 is 0 Å². The van der Waals surface area contributed by atoms with Gasteiger partial charge in [-0.05, 0) is 78.8 Å². The van der Waals surface area contributed by atoms with Crippen LogP contribution in [-0.4, -0.2) is 43.1 Å². The van der Waals surface area contributed by atoms with E-state index in [0.717, 1.165) is 59.4 Å². The molecule has 38 heavy (non-hydrogen) atoms. The van der Waals surface area contributed by atoms with Crippen molar-refractivity contribution in [2.75, 3.05) is 10.7 Å². The van der Waals surface area contributed by atoms with E-state index < -0.39 is 0 Å². The minimum absolute atomic E-state index is 0.0515. The van der Waals surface area contributed by atoms with E-state index in [1.54, 1.807) is 11.8 Å². The van der Waals surface area contributed by atoms with Gasteiger partial charge in [0.25, 0.3) is 0 Å². The summed E-state index contributed by atoms with van der Waals surface area (Å²) in [6.45, 7) is 4.65. The summed E-state index contributed by atoms with van der Waals surface area (Å²) in [5.41, 5.74) is 12.3. The zero-order valence-corrected chi connectivity index (χ0v) is 22.7. The highest BCUT2D eigenvalue weighted by Gasteiger charge is 2.30. The second kappa shape index (κ2) is 11.5.